The summed E-state index contributed by atoms with van der Waals surface area (Å²) >= 11 is 3.29. The molecule has 2 aromatic carbocycles. The maximum absolute atomic E-state index is 13.1. The molecule has 1 unspecified atom stereocenters. The molecule has 0 saturated heterocycles. The minimum absolute atomic E-state index is 0.337. The molecule has 0 aliphatic rings. The molecular weight excluding hydrogens is 333 g/mol. The summed E-state index contributed by atoms with van der Waals surface area (Å²) in [7, 11) is 0. The molecular formula is C17H13BrFNO. The summed E-state index contributed by atoms with van der Waals surface area (Å²) in [4.78, 5) is 4.44. The van der Waals surface area contributed by atoms with Gasteiger partial charge in [-0.3, -0.25) is 4.98 Å². The van der Waals surface area contributed by atoms with Crippen LogP contribution in [0.3, 0.4) is 0 Å². The number of rotatable bonds is 2. The van der Waals surface area contributed by atoms with Crippen molar-refractivity contribution < 1.29 is 9.50 Å². The Morgan fingerprint density at radius 3 is 2.67 bits per heavy atom. The number of aliphatic hydroxyl groups excluding tert-OH is 1. The first kappa shape index (κ1) is 14.2. The second kappa shape index (κ2) is 5.54. The number of benzene rings is 2. The van der Waals surface area contributed by atoms with E-state index in [2.05, 4.69) is 20.9 Å². The van der Waals surface area contributed by atoms with Crippen LogP contribution in [0.4, 0.5) is 4.39 Å². The first-order valence-corrected chi connectivity index (χ1v) is 7.34. The van der Waals surface area contributed by atoms with Gasteiger partial charge in [-0.25, -0.2) is 4.39 Å². The van der Waals surface area contributed by atoms with Gasteiger partial charge in [-0.1, -0.05) is 34.1 Å². The van der Waals surface area contributed by atoms with Crippen LogP contribution in [0.1, 0.15) is 22.9 Å². The van der Waals surface area contributed by atoms with Gasteiger partial charge >= 0.3 is 0 Å². The topological polar surface area (TPSA) is 33.1 Å². The third-order valence-electron chi connectivity index (χ3n) is 3.43. The maximum Gasteiger partial charge on any atom is 0.124 e. The lowest BCUT2D eigenvalue weighted by atomic mass is 10.00. The van der Waals surface area contributed by atoms with Gasteiger partial charge in [0, 0.05) is 15.6 Å². The highest BCUT2D eigenvalue weighted by atomic mass is 79.9. The van der Waals surface area contributed by atoms with E-state index in [1.54, 1.807) is 6.07 Å². The number of aryl methyl sites for hydroxylation is 1. The smallest absolute Gasteiger partial charge is 0.124 e. The number of aromatic nitrogens is 1. The molecule has 0 aliphatic heterocycles. The molecule has 0 amide bonds. The summed E-state index contributed by atoms with van der Waals surface area (Å²) in [6, 6.07) is 13.8. The highest BCUT2D eigenvalue weighted by Crippen LogP contribution is 2.30. The van der Waals surface area contributed by atoms with Crippen molar-refractivity contribution in [3.63, 3.8) is 0 Å². The predicted octanol–water partition coefficient (Wildman–Crippen LogP) is 4.53. The van der Waals surface area contributed by atoms with E-state index in [0.29, 0.717) is 10.0 Å². The maximum atomic E-state index is 13.1. The van der Waals surface area contributed by atoms with Gasteiger partial charge in [0.1, 0.15) is 11.9 Å². The molecule has 0 radical (unpaired) electrons. The monoisotopic (exact) mass is 345 g/mol. The van der Waals surface area contributed by atoms with E-state index < -0.39 is 6.10 Å². The Labute approximate surface area is 130 Å². The molecule has 0 spiro atoms. The Morgan fingerprint density at radius 2 is 1.90 bits per heavy atom. The Hall–Kier alpha value is -1.78. The van der Waals surface area contributed by atoms with Crippen molar-refractivity contribution in [1.82, 2.24) is 4.98 Å². The fraction of sp³-hybridized carbons (Fsp3) is 0.118. The van der Waals surface area contributed by atoms with Gasteiger partial charge in [0.15, 0.2) is 0 Å². The summed E-state index contributed by atoms with van der Waals surface area (Å²) in [6.45, 7) is 1.94. The fourth-order valence-corrected chi connectivity index (χ4v) is 2.89. The molecule has 1 N–H and O–H groups in total. The number of fused-ring (bicyclic) bond motifs is 1. The third-order valence-corrected chi connectivity index (χ3v) is 4.11. The highest BCUT2D eigenvalue weighted by molar-refractivity contribution is 9.10. The Bertz CT molecular complexity index is 819. The van der Waals surface area contributed by atoms with E-state index in [9.17, 15) is 9.50 Å². The average molecular weight is 346 g/mol. The number of hydrogen-bond acceptors (Lipinski definition) is 2. The summed E-state index contributed by atoms with van der Waals surface area (Å²) in [5.41, 5.74) is 3.23. The Kier molecular flexibility index (Phi) is 3.74. The van der Waals surface area contributed by atoms with Gasteiger partial charge in [-0.2, -0.15) is 0 Å². The van der Waals surface area contributed by atoms with E-state index in [4.69, 9.17) is 0 Å². The predicted molar refractivity (Wildman–Crippen MR) is 84.6 cm³/mol. The van der Waals surface area contributed by atoms with Crippen LogP contribution in [0, 0.1) is 12.7 Å². The fourth-order valence-electron chi connectivity index (χ4n) is 2.32. The Morgan fingerprint density at radius 1 is 1.10 bits per heavy atom. The van der Waals surface area contributed by atoms with Gasteiger partial charge < -0.3 is 5.11 Å². The lowest BCUT2D eigenvalue weighted by Gasteiger charge is -2.14. The second-order valence-electron chi connectivity index (χ2n) is 4.97. The lowest BCUT2D eigenvalue weighted by molar-refractivity contribution is 0.219. The molecule has 106 valence electrons. The first-order valence-electron chi connectivity index (χ1n) is 6.55. The van der Waals surface area contributed by atoms with Crippen LogP contribution in [0.15, 0.2) is 53.0 Å². The number of nitrogens with zero attached hydrogens (tertiary/aromatic N) is 1. The highest BCUT2D eigenvalue weighted by Gasteiger charge is 2.14. The van der Waals surface area contributed by atoms with Crippen LogP contribution in [-0.4, -0.2) is 10.1 Å². The standard InChI is InChI=1S/C17H13BrFNO/c1-10-2-3-11-8-12(4-7-16(11)20-10)17(21)14-6-5-13(19)9-15(14)18/h2-9,17,21H,1H3. The van der Waals surface area contributed by atoms with Crippen molar-refractivity contribution in [1.29, 1.82) is 0 Å². The molecule has 0 bridgehead atoms. The largest absolute Gasteiger partial charge is 0.384 e. The molecule has 0 saturated carbocycles. The molecule has 0 aliphatic carbocycles. The van der Waals surface area contributed by atoms with Crippen LogP contribution < -0.4 is 0 Å². The number of pyridine rings is 1. The van der Waals surface area contributed by atoms with Crippen LogP contribution in [0.5, 0.6) is 0 Å². The van der Waals surface area contributed by atoms with E-state index in [1.165, 1.54) is 12.1 Å². The van der Waals surface area contributed by atoms with Crippen molar-refractivity contribution in [3.8, 4) is 0 Å². The number of halogens is 2. The van der Waals surface area contributed by atoms with Crippen LogP contribution in [0.25, 0.3) is 10.9 Å². The number of hydrogen-bond donors (Lipinski definition) is 1. The van der Waals surface area contributed by atoms with Crippen LogP contribution in [-0.2, 0) is 0 Å². The summed E-state index contributed by atoms with van der Waals surface area (Å²) in [5, 5.41) is 11.5. The van der Waals surface area contributed by atoms with Gasteiger partial charge in [-0.15, -0.1) is 0 Å². The summed E-state index contributed by atoms with van der Waals surface area (Å²) < 4.78 is 13.7. The van der Waals surface area contributed by atoms with Crippen molar-refractivity contribution in [2.24, 2.45) is 0 Å². The minimum atomic E-state index is -0.814. The number of aliphatic hydroxyl groups is 1. The summed E-state index contributed by atoms with van der Waals surface area (Å²) in [6.07, 6.45) is -0.814. The molecule has 1 aromatic heterocycles. The van der Waals surface area contributed by atoms with E-state index in [0.717, 1.165) is 22.2 Å². The van der Waals surface area contributed by atoms with E-state index >= 15 is 0 Å². The molecule has 0 fully saturated rings. The van der Waals surface area contributed by atoms with Gasteiger partial charge in [-0.05, 0) is 48.4 Å². The van der Waals surface area contributed by atoms with Crippen molar-refractivity contribution in [3.05, 3.63) is 75.6 Å². The minimum Gasteiger partial charge on any atom is -0.384 e. The molecule has 1 heterocycles. The third kappa shape index (κ3) is 2.82. The summed E-state index contributed by atoms with van der Waals surface area (Å²) in [5.74, 6) is -0.337. The lowest BCUT2D eigenvalue weighted by Crippen LogP contribution is -2.01. The molecule has 1 atom stereocenters. The zero-order valence-electron chi connectivity index (χ0n) is 11.3. The molecule has 2 nitrogen and oxygen atoms in total. The van der Waals surface area contributed by atoms with E-state index in [-0.39, 0.29) is 5.82 Å². The van der Waals surface area contributed by atoms with E-state index in [1.807, 2.05) is 37.3 Å². The van der Waals surface area contributed by atoms with Crippen molar-refractivity contribution in [2.75, 3.05) is 0 Å². The van der Waals surface area contributed by atoms with Crippen molar-refractivity contribution >= 4 is 26.8 Å². The first-order chi connectivity index (χ1) is 10.0. The SMILES string of the molecule is Cc1ccc2cc(C(O)c3ccc(F)cc3Br)ccc2n1. The van der Waals surface area contributed by atoms with Gasteiger partial charge in [0.2, 0.25) is 0 Å². The quantitative estimate of drug-likeness (QED) is 0.740. The molecule has 3 aromatic rings. The van der Waals surface area contributed by atoms with Gasteiger partial charge in [0.25, 0.3) is 0 Å². The van der Waals surface area contributed by atoms with Crippen molar-refractivity contribution in [2.45, 2.75) is 13.0 Å². The van der Waals surface area contributed by atoms with Crippen LogP contribution >= 0.6 is 15.9 Å². The zero-order valence-corrected chi connectivity index (χ0v) is 12.9. The Balaban J connectivity index is 2.04. The molecule has 21 heavy (non-hydrogen) atoms. The van der Waals surface area contributed by atoms with Gasteiger partial charge in [0.05, 0.1) is 5.52 Å². The second-order valence-corrected chi connectivity index (χ2v) is 5.83. The average Bonchev–Trinajstić information content (AvgIpc) is 2.46. The molecule has 4 heteroatoms. The van der Waals surface area contributed by atoms with Crippen LogP contribution in [0.2, 0.25) is 0 Å². The molecule has 3 rings (SSSR count). The normalized spacial score (nSPS) is 12.6. The zero-order chi connectivity index (χ0) is 15.0.